The van der Waals surface area contributed by atoms with Gasteiger partial charge in [-0.1, -0.05) is 12.1 Å². The Bertz CT molecular complexity index is 427. The fourth-order valence-electron chi connectivity index (χ4n) is 3.19. The summed E-state index contributed by atoms with van der Waals surface area (Å²) in [6.07, 6.45) is 6.27. The van der Waals surface area contributed by atoms with Gasteiger partial charge in [-0.05, 0) is 75.6 Å². The van der Waals surface area contributed by atoms with Crippen LogP contribution in [0, 0.1) is 0 Å². The van der Waals surface area contributed by atoms with Gasteiger partial charge in [0.2, 0.25) is 0 Å². The number of likely N-dealkylation sites (tertiary alicyclic amines) is 1. The Balaban J connectivity index is 1.29. The molecule has 0 amide bonds. The molecule has 1 aromatic carbocycles. The molecule has 1 saturated heterocycles. The third-order valence-electron chi connectivity index (χ3n) is 4.37. The van der Waals surface area contributed by atoms with E-state index in [2.05, 4.69) is 28.4 Å². The van der Waals surface area contributed by atoms with Crippen LogP contribution in [0.25, 0.3) is 0 Å². The summed E-state index contributed by atoms with van der Waals surface area (Å²) in [5.41, 5.74) is 2.82. The minimum Gasteiger partial charge on any atom is -0.493 e. The predicted molar refractivity (Wildman–Crippen MR) is 82.5 cm³/mol. The first-order chi connectivity index (χ1) is 9.92. The highest BCUT2D eigenvalue weighted by Crippen LogP contribution is 2.25. The first kappa shape index (κ1) is 13.9. The van der Waals surface area contributed by atoms with Gasteiger partial charge in [-0.2, -0.15) is 0 Å². The summed E-state index contributed by atoms with van der Waals surface area (Å²) in [5, 5.41) is 3.57. The summed E-state index contributed by atoms with van der Waals surface area (Å²) >= 11 is 0. The molecule has 0 radical (unpaired) electrons. The highest BCUT2D eigenvalue weighted by molar-refractivity contribution is 5.39. The third kappa shape index (κ3) is 3.74. The largest absolute Gasteiger partial charge is 0.493 e. The molecule has 3 nitrogen and oxygen atoms in total. The molecule has 0 aliphatic carbocycles. The van der Waals surface area contributed by atoms with E-state index in [0.717, 1.165) is 38.3 Å². The number of benzene rings is 1. The molecule has 0 spiro atoms. The molecule has 110 valence electrons. The number of nitrogens with one attached hydrogen (secondary N) is 1. The predicted octanol–water partition coefficient (Wildman–Crippen LogP) is 2.24. The Labute approximate surface area is 122 Å². The van der Waals surface area contributed by atoms with Crippen LogP contribution in [-0.4, -0.2) is 44.2 Å². The maximum atomic E-state index is 5.54. The molecule has 3 heteroatoms. The van der Waals surface area contributed by atoms with E-state index in [0.29, 0.717) is 0 Å². The molecule has 1 N–H and O–H groups in total. The fraction of sp³-hybridized carbons (Fsp3) is 0.647. The van der Waals surface area contributed by atoms with Gasteiger partial charge in [0.1, 0.15) is 5.75 Å². The summed E-state index contributed by atoms with van der Waals surface area (Å²) in [6.45, 7) is 6.98. The Morgan fingerprint density at radius 3 is 2.95 bits per heavy atom. The first-order valence-electron chi connectivity index (χ1n) is 8.09. The van der Waals surface area contributed by atoms with Crippen LogP contribution in [0.3, 0.4) is 0 Å². The monoisotopic (exact) mass is 274 g/mol. The van der Waals surface area contributed by atoms with Crippen molar-refractivity contribution in [2.75, 3.05) is 39.3 Å². The number of rotatable bonds is 7. The van der Waals surface area contributed by atoms with Gasteiger partial charge in [0.05, 0.1) is 6.61 Å². The van der Waals surface area contributed by atoms with Crippen molar-refractivity contribution in [1.82, 2.24) is 10.2 Å². The lowest BCUT2D eigenvalue weighted by Crippen LogP contribution is -2.25. The van der Waals surface area contributed by atoms with Gasteiger partial charge in [0, 0.05) is 6.42 Å². The topological polar surface area (TPSA) is 24.5 Å². The van der Waals surface area contributed by atoms with Crippen LogP contribution in [0.1, 0.15) is 30.4 Å². The van der Waals surface area contributed by atoms with E-state index in [1.165, 1.54) is 50.0 Å². The number of ether oxygens (including phenoxy) is 1. The molecule has 3 rings (SSSR count). The van der Waals surface area contributed by atoms with Crippen molar-refractivity contribution in [3.63, 3.8) is 0 Å². The van der Waals surface area contributed by atoms with Gasteiger partial charge in [-0.3, -0.25) is 0 Å². The average Bonchev–Trinajstić information content (AvgIpc) is 3.13. The van der Waals surface area contributed by atoms with Crippen LogP contribution >= 0.6 is 0 Å². The highest BCUT2D eigenvalue weighted by atomic mass is 16.5. The molecule has 2 aliphatic rings. The van der Waals surface area contributed by atoms with Crippen LogP contribution in [0.5, 0.6) is 5.75 Å². The summed E-state index contributed by atoms with van der Waals surface area (Å²) < 4.78 is 5.54. The summed E-state index contributed by atoms with van der Waals surface area (Å²) in [4.78, 5) is 2.59. The second kappa shape index (κ2) is 7.09. The Morgan fingerprint density at radius 1 is 1.15 bits per heavy atom. The molecule has 1 fully saturated rings. The molecule has 20 heavy (non-hydrogen) atoms. The molecule has 0 saturated carbocycles. The zero-order valence-corrected chi connectivity index (χ0v) is 12.4. The minimum atomic E-state index is 0.855. The van der Waals surface area contributed by atoms with Gasteiger partial charge in [-0.25, -0.2) is 0 Å². The SMILES string of the molecule is c1cc2c(cc1CCNCCCN1CCCC1)CCO2. The van der Waals surface area contributed by atoms with Gasteiger partial charge in [0.25, 0.3) is 0 Å². The van der Waals surface area contributed by atoms with E-state index in [9.17, 15) is 0 Å². The van der Waals surface area contributed by atoms with E-state index in [1.807, 2.05) is 0 Å². The molecule has 0 atom stereocenters. The van der Waals surface area contributed by atoms with Gasteiger partial charge in [-0.15, -0.1) is 0 Å². The second-order valence-electron chi connectivity index (χ2n) is 5.94. The molecule has 1 aromatic rings. The zero-order valence-electron chi connectivity index (χ0n) is 12.4. The fourth-order valence-corrected chi connectivity index (χ4v) is 3.19. The lowest BCUT2D eigenvalue weighted by atomic mass is 10.1. The maximum absolute atomic E-state index is 5.54. The van der Waals surface area contributed by atoms with Gasteiger partial charge < -0.3 is 15.0 Å². The van der Waals surface area contributed by atoms with Crippen LogP contribution in [0.15, 0.2) is 18.2 Å². The lowest BCUT2D eigenvalue weighted by molar-refractivity contribution is 0.331. The Hall–Kier alpha value is -1.06. The van der Waals surface area contributed by atoms with E-state index >= 15 is 0 Å². The Morgan fingerprint density at radius 2 is 2.05 bits per heavy atom. The van der Waals surface area contributed by atoms with Crippen molar-refractivity contribution in [3.05, 3.63) is 29.3 Å². The third-order valence-corrected chi connectivity index (χ3v) is 4.37. The van der Waals surface area contributed by atoms with Crippen LogP contribution in [0.4, 0.5) is 0 Å². The molecule has 0 bridgehead atoms. The zero-order chi connectivity index (χ0) is 13.6. The molecule has 2 heterocycles. The van der Waals surface area contributed by atoms with E-state index in [-0.39, 0.29) is 0 Å². The Kier molecular flexibility index (Phi) is 4.93. The normalized spacial score (nSPS) is 18.2. The summed E-state index contributed by atoms with van der Waals surface area (Å²) in [7, 11) is 0. The number of fused-ring (bicyclic) bond motifs is 1. The van der Waals surface area contributed by atoms with Crippen LogP contribution in [-0.2, 0) is 12.8 Å². The van der Waals surface area contributed by atoms with Gasteiger partial charge >= 0.3 is 0 Å². The van der Waals surface area contributed by atoms with E-state index < -0.39 is 0 Å². The minimum absolute atomic E-state index is 0.855. The van der Waals surface area contributed by atoms with Crippen LogP contribution < -0.4 is 10.1 Å². The lowest BCUT2D eigenvalue weighted by Gasteiger charge is -2.14. The van der Waals surface area contributed by atoms with Crippen molar-refractivity contribution >= 4 is 0 Å². The second-order valence-corrected chi connectivity index (χ2v) is 5.94. The molecular weight excluding hydrogens is 248 g/mol. The number of nitrogens with zero attached hydrogens (tertiary/aromatic N) is 1. The first-order valence-corrected chi connectivity index (χ1v) is 8.09. The molecule has 0 aromatic heterocycles. The van der Waals surface area contributed by atoms with Gasteiger partial charge in [0.15, 0.2) is 0 Å². The van der Waals surface area contributed by atoms with Crippen molar-refractivity contribution in [3.8, 4) is 5.75 Å². The van der Waals surface area contributed by atoms with Crippen LogP contribution in [0.2, 0.25) is 0 Å². The van der Waals surface area contributed by atoms with Crippen molar-refractivity contribution < 1.29 is 4.74 Å². The molecule has 0 unspecified atom stereocenters. The van der Waals surface area contributed by atoms with E-state index in [4.69, 9.17) is 4.74 Å². The van der Waals surface area contributed by atoms with Crippen molar-refractivity contribution in [2.24, 2.45) is 0 Å². The smallest absolute Gasteiger partial charge is 0.122 e. The molecule has 2 aliphatic heterocycles. The number of hydrogen-bond donors (Lipinski definition) is 1. The maximum Gasteiger partial charge on any atom is 0.122 e. The van der Waals surface area contributed by atoms with Crippen molar-refractivity contribution in [2.45, 2.75) is 32.1 Å². The molecular formula is C17H26N2O. The standard InChI is InChI=1S/C17H26N2O/c1-2-11-19(10-1)12-3-8-18-9-6-15-4-5-17-16(14-15)7-13-20-17/h4-5,14,18H,1-3,6-13H2. The summed E-state index contributed by atoms with van der Waals surface area (Å²) in [6, 6.07) is 6.65. The average molecular weight is 274 g/mol. The van der Waals surface area contributed by atoms with Crippen molar-refractivity contribution in [1.29, 1.82) is 0 Å². The van der Waals surface area contributed by atoms with E-state index in [1.54, 1.807) is 0 Å². The highest BCUT2D eigenvalue weighted by Gasteiger charge is 2.12. The quantitative estimate of drug-likeness (QED) is 0.772. The number of hydrogen-bond acceptors (Lipinski definition) is 3. The summed E-state index contributed by atoms with van der Waals surface area (Å²) in [5.74, 6) is 1.09.